The van der Waals surface area contributed by atoms with Gasteiger partial charge in [0.1, 0.15) is 0 Å². The van der Waals surface area contributed by atoms with Gasteiger partial charge in [-0.25, -0.2) is 0 Å². The smallest absolute Gasteiger partial charge is 0.261 e. The van der Waals surface area contributed by atoms with Crippen molar-refractivity contribution in [2.45, 2.75) is 25.3 Å². The average Bonchev–Trinajstić information content (AvgIpc) is 2.73. The van der Waals surface area contributed by atoms with Crippen molar-refractivity contribution in [3.63, 3.8) is 0 Å². The number of carbonyl (C=O) groups excluding carboxylic acids is 3. The Labute approximate surface area is 122 Å². The minimum Gasteiger partial charge on any atom is -0.325 e. The van der Waals surface area contributed by atoms with Gasteiger partial charge < -0.3 is 10.6 Å². The lowest BCUT2D eigenvalue weighted by molar-refractivity contribution is -0.118. The molecule has 0 unspecified atom stereocenters. The van der Waals surface area contributed by atoms with Crippen molar-refractivity contribution in [2.24, 2.45) is 0 Å². The number of nitrogens with zero attached hydrogens (tertiary/aromatic N) is 1. The fraction of sp³-hybridized carbons (Fsp3) is 0.400. The molecule has 110 valence electrons. The number of rotatable bonds is 2. The van der Waals surface area contributed by atoms with E-state index in [4.69, 9.17) is 0 Å². The summed E-state index contributed by atoms with van der Waals surface area (Å²) in [5.41, 5.74) is 1.27. The fourth-order valence-electron chi connectivity index (χ4n) is 2.74. The predicted molar refractivity (Wildman–Crippen MR) is 77.1 cm³/mol. The Morgan fingerprint density at radius 1 is 1.24 bits per heavy atom. The van der Waals surface area contributed by atoms with Crippen LogP contribution in [-0.2, 0) is 4.79 Å². The van der Waals surface area contributed by atoms with Crippen molar-refractivity contribution in [2.75, 3.05) is 18.9 Å². The number of hydrogen-bond donors (Lipinski definition) is 2. The minimum absolute atomic E-state index is 0.0974. The highest BCUT2D eigenvalue weighted by atomic mass is 16.2. The van der Waals surface area contributed by atoms with Gasteiger partial charge in [-0.15, -0.1) is 0 Å². The molecule has 2 N–H and O–H groups in total. The standard InChI is InChI=1S/C15H17N3O3/c1-18-14(20)10-6-5-9(8-11(10)15(18)21)17-13(19)12-4-2-3-7-16-12/h5-6,8,12,16H,2-4,7H2,1H3,(H,17,19)/t12-/m1/s1. The lowest BCUT2D eigenvalue weighted by atomic mass is 10.0. The zero-order chi connectivity index (χ0) is 15.0. The summed E-state index contributed by atoms with van der Waals surface area (Å²) in [5.74, 6) is -0.733. The molecule has 1 saturated heterocycles. The lowest BCUT2D eigenvalue weighted by Gasteiger charge is -2.22. The number of fused-ring (bicyclic) bond motifs is 1. The molecule has 0 spiro atoms. The topological polar surface area (TPSA) is 78.5 Å². The number of carbonyl (C=O) groups is 3. The van der Waals surface area contributed by atoms with Gasteiger partial charge >= 0.3 is 0 Å². The number of nitrogens with one attached hydrogen (secondary N) is 2. The summed E-state index contributed by atoms with van der Waals surface area (Å²) < 4.78 is 0. The molecule has 1 fully saturated rings. The number of anilines is 1. The van der Waals surface area contributed by atoms with Gasteiger partial charge in [-0.05, 0) is 37.6 Å². The van der Waals surface area contributed by atoms with Crippen LogP contribution in [0.2, 0.25) is 0 Å². The molecule has 6 heteroatoms. The third-order valence-electron chi connectivity index (χ3n) is 3.98. The molecule has 21 heavy (non-hydrogen) atoms. The second kappa shape index (κ2) is 5.29. The molecule has 3 rings (SSSR count). The van der Waals surface area contributed by atoms with Crippen molar-refractivity contribution < 1.29 is 14.4 Å². The molecule has 2 aliphatic heterocycles. The molecule has 3 amide bonds. The van der Waals surface area contributed by atoms with Crippen LogP contribution in [0.25, 0.3) is 0 Å². The number of benzene rings is 1. The summed E-state index contributed by atoms with van der Waals surface area (Å²) in [6.07, 6.45) is 2.94. The van der Waals surface area contributed by atoms with Crippen molar-refractivity contribution in [1.82, 2.24) is 10.2 Å². The molecule has 0 aliphatic carbocycles. The van der Waals surface area contributed by atoms with E-state index in [1.807, 2.05) is 0 Å². The molecule has 1 atom stereocenters. The van der Waals surface area contributed by atoms with E-state index < -0.39 is 0 Å². The van der Waals surface area contributed by atoms with Gasteiger partial charge in [-0.1, -0.05) is 6.42 Å². The van der Waals surface area contributed by atoms with Crippen LogP contribution in [0.3, 0.4) is 0 Å². The van der Waals surface area contributed by atoms with E-state index in [-0.39, 0.29) is 23.8 Å². The van der Waals surface area contributed by atoms with Gasteiger partial charge in [0, 0.05) is 12.7 Å². The Hall–Kier alpha value is -2.21. The Morgan fingerprint density at radius 3 is 2.71 bits per heavy atom. The third-order valence-corrected chi connectivity index (χ3v) is 3.98. The third kappa shape index (κ3) is 2.42. The molecular weight excluding hydrogens is 270 g/mol. The summed E-state index contributed by atoms with van der Waals surface area (Å²) in [5, 5.41) is 5.98. The Kier molecular flexibility index (Phi) is 3.47. The monoisotopic (exact) mass is 287 g/mol. The normalized spacial score (nSPS) is 21.4. The summed E-state index contributed by atoms with van der Waals surface area (Å²) >= 11 is 0. The minimum atomic E-state index is -0.332. The summed E-state index contributed by atoms with van der Waals surface area (Å²) in [4.78, 5) is 36.9. The first kappa shape index (κ1) is 13.8. The number of amides is 3. The zero-order valence-corrected chi connectivity index (χ0v) is 11.8. The molecule has 2 heterocycles. The largest absolute Gasteiger partial charge is 0.325 e. The van der Waals surface area contributed by atoms with Crippen LogP contribution in [0.5, 0.6) is 0 Å². The van der Waals surface area contributed by atoms with Gasteiger partial charge in [0.25, 0.3) is 11.8 Å². The van der Waals surface area contributed by atoms with Crippen LogP contribution in [-0.4, -0.2) is 42.3 Å². The first-order valence-electron chi connectivity index (χ1n) is 7.08. The maximum absolute atomic E-state index is 12.1. The Morgan fingerprint density at radius 2 is 2.00 bits per heavy atom. The highest BCUT2D eigenvalue weighted by Crippen LogP contribution is 2.25. The SMILES string of the molecule is CN1C(=O)c2ccc(NC(=O)[C@H]3CCCCN3)cc2C1=O. The van der Waals surface area contributed by atoms with E-state index in [1.54, 1.807) is 18.2 Å². The maximum Gasteiger partial charge on any atom is 0.261 e. The molecule has 2 aliphatic rings. The van der Waals surface area contributed by atoms with Gasteiger partial charge in [0.15, 0.2) is 0 Å². The summed E-state index contributed by atoms with van der Waals surface area (Å²) in [6, 6.07) is 4.62. The maximum atomic E-state index is 12.1. The molecular formula is C15H17N3O3. The summed E-state index contributed by atoms with van der Waals surface area (Å²) in [6.45, 7) is 0.847. The molecule has 0 aromatic heterocycles. The fourth-order valence-corrected chi connectivity index (χ4v) is 2.74. The number of imide groups is 1. The van der Waals surface area contributed by atoms with Crippen LogP contribution >= 0.6 is 0 Å². The summed E-state index contributed by atoms with van der Waals surface area (Å²) in [7, 11) is 1.45. The van der Waals surface area contributed by atoms with Gasteiger partial charge in [0.2, 0.25) is 5.91 Å². The van der Waals surface area contributed by atoms with E-state index >= 15 is 0 Å². The van der Waals surface area contributed by atoms with Gasteiger partial charge in [0.05, 0.1) is 17.2 Å². The van der Waals surface area contributed by atoms with Gasteiger partial charge in [-0.2, -0.15) is 0 Å². The van der Waals surface area contributed by atoms with E-state index in [9.17, 15) is 14.4 Å². The number of piperidine rings is 1. The van der Waals surface area contributed by atoms with E-state index in [0.29, 0.717) is 16.8 Å². The number of hydrogen-bond acceptors (Lipinski definition) is 4. The Balaban J connectivity index is 1.77. The van der Waals surface area contributed by atoms with E-state index in [0.717, 1.165) is 30.7 Å². The molecule has 0 bridgehead atoms. The second-order valence-electron chi connectivity index (χ2n) is 5.42. The average molecular weight is 287 g/mol. The van der Waals surface area contributed by atoms with Crippen LogP contribution in [0.4, 0.5) is 5.69 Å². The van der Waals surface area contributed by atoms with Crippen LogP contribution in [0, 0.1) is 0 Å². The molecule has 1 aromatic rings. The van der Waals surface area contributed by atoms with Crippen molar-refractivity contribution in [3.8, 4) is 0 Å². The van der Waals surface area contributed by atoms with Crippen molar-refractivity contribution in [1.29, 1.82) is 0 Å². The molecule has 0 saturated carbocycles. The first-order chi connectivity index (χ1) is 10.1. The predicted octanol–water partition coefficient (Wildman–Crippen LogP) is 0.993. The zero-order valence-electron chi connectivity index (χ0n) is 11.8. The lowest BCUT2D eigenvalue weighted by Crippen LogP contribution is -2.43. The van der Waals surface area contributed by atoms with Crippen LogP contribution in [0.15, 0.2) is 18.2 Å². The van der Waals surface area contributed by atoms with E-state index in [1.165, 1.54) is 7.05 Å². The highest BCUT2D eigenvalue weighted by molar-refractivity contribution is 6.21. The second-order valence-corrected chi connectivity index (χ2v) is 5.42. The molecule has 6 nitrogen and oxygen atoms in total. The first-order valence-corrected chi connectivity index (χ1v) is 7.08. The van der Waals surface area contributed by atoms with Crippen molar-refractivity contribution in [3.05, 3.63) is 29.3 Å². The highest BCUT2D eigenvalue weighted by Gasteiger charge is 2.33. The molecule has 1 aromatic carbocycles. The van der Waals surface area contributed by atoms with Crippen LogP contribution < -0.4 is 10.6 Å². The van der Waals surface area contributed by atoms with E-state index in [2.05, 4.69) is 10.6 Å². The Bertz CT molecular complexity index is 621. The van der Waals surface area contributed by atoms with Crippen LogP contribution in [0.1, 0.15) is 40.0 Å². The van der Waals surface area contributed by atoms with Crippen molar-refractivity contribution >= 4 is 23.4 Å². The molecule has 0 radical (unpaired) electrons. The quantitative estimate of drug-likeness (QED) is 0.795. The van der Waals surface area contributed by atoms with Gasteiger partial charge in [-0.3, -0.25) is 19.3 Å².